The largest absolute Gasteiger partial charge is 0.496 e. The average Bonchev–Trinajstić information content (AvgIpc) is 3.17. The molecule has 0 saturated heterocycles. The number of carbonyl (C=O) groups is 2. The van der Waals surface area contributed by atoms with Crippen LogP contribution in [0.3, 0.4) is 0 Å². The lowest BCUT2D eigenvalue weighted by Crippen LogP contribution is -2.16. The van der Waals surface area contributed by atoms with Crippen LogP contribution in [-0.2, 0) is 4.74 Å². The second kappa shape index (κ2) is 9.77. The van der Waals surface area contributed by atoms with Crippen molar-refractivity contribution in [2.75, 3.05) is 26.1 Å². The fourth-order valence-electron chi connectivity index (χ4n) is 2.94. The molecule has 30 heavy (non-hydrogen) atoms. The number of ether oxygens (including phenoxy) is 3. The number of esters is 1. The highest BCUT2D eigenvalue weighted by molar-refractivity contribution is 9.10. The lowest BCUT2D eigenvalue weighted by molar-refractivity contribution is 0.0529. The number of halogens is 1. The third-order valence-electron chi connectivity index (χ3n) is 4.31. The van der Waals surface area contributed by atoms with Gasteiger partial charge in [-0.1, -0.05) is 34.1 Å². The number of hydrogen-bond acceptors (Lipinski definition) is 6. The van der Waals surface area contributed by atoms with Gasteiger partial charge in [0, 0.05) is 15.4 Å². The summed E-state index contributed by atoms with van der Waals surface area (Å²) in [4.78, 5) is 25.8. The Hall–Kier alpha value is -2.84. The van der Waals surface area contributed by atoms with E-state index in [9.17, 15) is 9.59 Å². The molecule has 1 amide bonds. The maximum atomic E-state index is 13.1. The van der Waals surface area contributed by atoms with Crippen molar-refractivity contribution in [1.82, 2.24) is 0 Å². The number of rotatable bonds is 7. The molecule has 0 saturated carbocycles. The van der Waals surface area contributed by atoms with Crippen LogP contribution in [0.25, 0.3) is 11.1 Å². The summed E-state index contributed by atoms with van der Waals surface area (Å²) in [6.45, 7) is 1.96. The molecule has 0 bridgehead atoms. The molecule has 3 rings (SSSR count). The average molecular weight is 490 g/mol. The van der Waals surface area contributed by atoms with Gasteiger partial charge in [-0.25, -0.2) is 4.79 Å². The molecule has 1 aromatic heterocycles. The SMILES string of the molecule is CCOC(=O)c1c(-c2ccc(Br)cc2)csc1NC(=O)c1c(OC)cccc1OC. The topological polar surface area (TPSA) is 73.9 Å². The van der Waals surface area contributed by atoms with Gasteiger partial charge in [0.15, 0.2) is 0 Å². The molecule has 156 valence electrons. The second-order valence-corrected chi connectivity index (χ2v) is 7.87. The van der Waals surface area contributed by atoms with Gasteiger partial charge in [0.05, 0.1) is 20.8 Å². The zero-order valence-corrected chi connectivity index (χ0v) is 19.1. The molecule has 0 aliphatic heterocycles. The number of methoxy groups -OCH3 is 2. The third-order valence-corrected chi connectivity index (χ3v) is 5.73. The van der Waals surface area contributed by atoms with E-state index in [0.29, 0.717) is 27.6 Å². The molecule has 0 radical (unpaired) electrons. The van der Waals surface area contributed by atoms with E-state index in [1.165, 1.54) is 25.6 Å². The number of hydrogen-bond donors (Lipinski definition) is 1. The standard InChI is InChI=1S/C22H20BrNO5S/c1-4-29-22(26)18-15(13-8-10-14(23)11-9-13)12-30-21(18)24-20(25)19-16(27-2)6-5-7-17(19)28-3/h5-12H,4H2,1-3H3,(H,24,25). The Morgan fingerprint density at radius 1 is 1.00 bits per heavy atom. The molecule has 6 nitrogen and oxygen atoms in total. The summed E-state index contributed by atoms with van der Waals surface area (Å²) in [7, 11) is 2.96. The van der Waals surface area contributed by atoms with Crippen molar-refractivity contribution in [3.63, 3.8) is 0 Å². The minimum atomic E-state index is -0.501. The molecule has 1 heterocycles. The van der Waals surface area contributed by atoms with Gasteiger partial charge < -0.3 is 19.5 Å². The summed E-state index contributed by atoms with van der Waals surface area (Å²) in [5, 5.41) is 5.04. The summed E-state index contributed by atoms with van der Waals surface area (Å²) in [6.07, 6.45) is 0. The number of nitrogens with one attached hydrogen (secondary N) is 1. The van der Waals surface area contributed by atoms with Crippen molar-refractivity contribution in [3.05, 3.63) is 63.4 Å². The number of anilines is 1. The normalized spacial score (nSPS) is 10.4. The van der Waals surface area contributed by atoms with Crippen molar-refractivity contribution in [3.8, 4) is 22.6 Å². The first kappa shape index (κ1) is 21.9. The van der Waals surface area contributed by atoms with E-state index in [2.05, 4.69) is 21.2 Å². The maximum Gasteiger partial charge on any atom is 0.341 e. The number of thiophene rings is 1. The van der Waals surface area contributed by atoms with E-state index >= 15 is 0 Å². The lowest BCUT2D eigenvalue weighted by atomic mass is 10.0. The Bertz CT molecular complexity index is 1040. The summed E-state index contributed by atoms with van der Waals surface area (Å²) >= 11 is 4.66. The van der Waals surface area contributed by atoms with Gasteiger partial charge in [0.2, 0.25) is 0 Å². The van der Waals surface area contributed by atoms with Gasteiger partial charge >= 0.3 is 5.97 Å². The van der Waals surface area contributed by atoms with Gasteiger partial charge in [-0.15, -0.1) is 11.3 Å². The molecule has 0 atom stereocenters. The highest BCUT2D eigenvalue weighted by atomic mass is 79.9. The van der Waals surface area contributed by atoms with Crippen molar-refractivity contribution in [2.45, 2.75) is 6.92 Å². The number of carbonyl (C=O) groups excluding carboxylic acids is 2. The predicted octanol–water partition coefficient (Wildman–Crippen LogP) is 5.62. The van der Waals surface area contributed by atoms with E-state index in [0.717, 1.165) is 10.0 Å². The first-order valence-corrected chi connectivity index (χ1v) is 10.7. The molecule has 8 heteroatoms. The highest BCUT2D eigenvalue weighted by Gasteiger charge is 2.25. The molecular formula is C22H20BrNO5S. The van der Waals surface area contributed by atoms with E-state index in [1.54, 1.807) is 25.1 Å². The summed E-state index contributed by atoms with van der Waals surface area (Å²) in [6, 6.07) is 12.6. The molecule has 0 aliphatic rings. The van der Waals surface area contributed by atoms with E-state index < -0.39 is 11.9 Å². The van der Waals surface area contributed by atoms with Crippen molar-refractivity contribution in [2.24, 2.45) is 0 Å². The van der Waals surface area contributed by atoms with Crippen molar-refractivity contribution >= 4 is 44.1 Å². The zero-order valence-electron chi connectivity index (χ0n) is 16.7. The minimum Gasteiger partial charge on any atom is -0.496 e. The van der Waals surface area contributed by atoms with Crippen LogP contribution in [0, 0.1) is 0 Å². The summed E-state index contributed by atoms with van der Waals surface area (Å²) < 4.78 is 16.8. The Balaban J connectivity index is 2.04. The van der Waals surface area contributed by atoms with E-state index in [4.69, 9.17) is 14.2 Å². The zero-order chi connectivity index (χ0) is 21.7. The first-order chi connectivity index (χ1) is 14.5. The fraction of sp³-hybridized carbons (Fsp3) is 0.182. The molecule has 0 spiro atoms. The molecule has 0 fully saturated rings. The maximum absolute atomic E-state index is 13.1. The highest BCUT2D eigenvalue weighted by Crippen LogP contribution is 2.38. The molecule has 0 unspecified atom stereocenters. The first-order valence-electron chi connectivity index (χ1n) is 9.07. The molecule has 3 aromatic rings. The van der Waals surface area contributed by atoms with Crippen LogP contribution in [0.4, 0.5) is 5.00 Å². The van der Waals surface area contributed by atoms with Crippen LogP contribution in [0.1, 0.15) is 27.6 Å². The van der Waals surface area contributed by atoms with Crippen LogP contribution < -0.4 is 14.8 Å². The molecule has 1 N–H and O–H groups in total. The summed E-state index contributed by atoms with van der Waals surface area (Å²) in [5.41, 5.74) is 2.09. The van der Waals surface area contributed by atoms with Gasteiger partial charge in [0.25, 0.3) is 5.91 Å². The predicted molar refractivity (Wildman–Crippen MR) is 121 cm³/mol. The van der Waals surface area contributed by atoms with Crippen molar-refractivity contribution < 1.29 is 23.8 Å². The number of benzene rings is 2. The Kier molecular flexibility index (Phi) is 7.12. The van der Waals surface area contributed by atoms with Crippen LogP contribution in [0.15, 0.2) is 52.3 Å². The fourth-order valence-corrected chi connectivity index (χ4v) is 4.16. The molecule has 2 aromatic carbocycles. The molecular weight excluding hydrogens is 470 g/mol. The van der Waals surface area contributed by atoms with E-state index in [1.807, 2.05) is 29.6 Å². The lowest BCUT2D eigenvalue weighted by Gasteiger charge is -2.13. The Morgan fingerprint density at radius 3 is 2.20 bits per heavy atom. The molecule has 0 aliphatic carbocycles. The van der Waals surface area contributed by atoms with Gasteiger partial charge in [-0.2, -0.15) is 0 Å². The van der Waals surface area contributed by atoms with Gasteiger partial charge in [0.1, 0.15) is 27.6 Å². The van der Waals surface area contributed by atoms with Crippen LogP contribution in [0.2, 0.25) is 0 Å². The Labute approximate surface area is 186 Å². The van der Waals surface area contributed by atoms with Gasteiger partial charge in [-0.3, -0.25) is 4.79 Å². The van der Waals surface area contributed by atoms with Crippen LogP contribution in [0.5, 0.6) is 11.5 Å². The minimum absolute atomic E-state index is 0.224. The smallest absolute Gasteiger partial charge is 0.341 e. The van der Waals surface area contributed by atoms with E-state index in [-0.39, 0.29) is 12.2 Å². The van der Waals surface area contributed by atoms with Crippen LogP contribution >= 0.6 is 27.3 Å². The summed E-state index contributed by atoms with van der Waals surface area (Å²) in [5.74, 6) is -0.207. The Morgan fingerprint density at radius 2 is 1.63 bits per heavy atom. The van der Waals surface area contributed by atoms with Gasteiger partial charge in [-0.05, 0) is 36.8 Å². The number of amides is 1. The van der Waals surface area contributed by atoms with Crippen molar-refractivity contribution in [1.29, 1.82) is 0 Å². The quantitative estimate of drug-likeness (QED) is 0.435. The third kappa shape index (κ3) is 4.49. The second-order valence-electron chi connectivity index (χ2n) is 6.07. The monoisotopic (exact) mass is 489 g/mol. The van der Waals surface area contributed by atoms with Crippen LogP contribution in [-0.4, -0.2) is 32.7 Å².